The van der Waals surface area contributed by atoms with Crippen LogP contribution in [0.3, 0.4) is 0 Å². The standard InChI is InChI=1S/C15H28O8.2C11H20O7.2C3H6O.2K.H2O/c1-12(18)11-21-6-2-3-14(19)22-7-4-13(10-17)9-15(20)23-8-5-16;2*12-3-1-10(15)17-5-2-9(8-14)7-11(16)18-6-4-13;2*1-3-2-4-3;;;/h12-13,16-18H,2-11H2,1H3;2*9,12-14H,1-8H2;2*3H,2H2,1H3;;;1H2/q;;;;;2*+1;. The molecular weight excluding hydrogens is 995 g/mol. The smallest absolute Gasteiger partial charge is 0.466 e. The number of aliphatic hydroxyl groups is 9. The van der Waals surface area contributed by atoms with E-state index in [1.165, 1.54) is 0 Å². The topological polar surface area (TPSA) is 406 Å². The fourth-order valence-electron chi connectivity index (χ4n) is 4.32. The van der Waals surface area contributed by atoms with Gasteiger partial charge in [-0.2, -0.15) is 0 Å². The molecule has 0 aromatic heterocycles. The van der Waals surface area contributed by atoms with Crippen LogP contribution < -0.4 is 103 Å². The minimum absolute atomic E-state index is 0. The van der Waals surface area contributed by atoms with E-state index >= 15 is 0 Å². The van der Waals surface area contributed by atoms with Crippen molar-refractivity contribution in [3.05, 3.63) is 0 Å². The van der Waals surface area contributed by atoms with Gasteiger partial charge in [0.1, 0.15) is 19.8 Å². The molecule has 0 radical (unpaired) electrons. The van der Waals surface area contributed by atoms with Crippen LogP contribution in [0.4, 0.5) is 0 Å². The van der Waals surface area contributed by atoms with Crippen LogP contribution in [0.2, 0.25) is 0 Å². The number of carbonyl (C=O) groups excluding carboxylic acids is 6. The molecule has 0 amide bonds. The SMILES string of the molecule is CC(O)COCCCC(=O)OCCC(CO)CC(=O)OCCO.CC1CO1.CC1CO1.O.O=C(CCO)OCCC(CO)CC(=O)OCCO.O=C(CCO)OCCC(CO)CC(=O)OCCO.[K+].[K+]. The molecule has 2 aliphatic rings. The van der Waals surface area contributed by atoms with E-state index in [1.807, 2.05) is 0 Å². The van der Waals surface area contributed by atoms with Gasteiger partial charge in [-0.25, -0.2) is 0 Å². The number of ether oxygens (including phenoxy) is 9. The summed E-state index contributed by atoms with van der Waals surface area (Å²) in [4.78, 5) is 67.0. The molecule has 25 nitrogen and oxygen atoms in total. The Bertz CT molecular complexity index is 1170. The first-order valence-electron chi connectivity index (χ1n) is 22.3. The molecule has 0 bridgehead atoms. The second-order valence-electron chi connectivity index (χ2n) is 14.9. The number of epoxide rings is 2. The van der Waals surface area contributed by atoms with Crippen molar-refractivity contribution in [2.75, 3.05) is 119 Å². The number of rotatable bonds is 34. The predicted molar refractivity (Wildman–Crippen MR) is 236 cm³/mol. The Hall–Kier alpha value is -0.427. The number of carbonyl (C=O) groups is 6. The Balaban J connectivity index is -0.000000199. The van der Waals surface area contributed by atoms with Crippen LogP contribution in [0.15, 0.2) is 0 Å². The molecule has 2 saturated heterocycles. The first-order chi connectivity index (χ1) is 32.0. The van der Waals surface area contributed by atoms with Crippen molar-refractivity contribution < 1.29 is 226 Å². The van der Waals surface area contributed by atoms with Crippen molar-refractivity contribution in [2.45, 2.75) is 103 Å². The molecule has 27 heteroatoms. The predicted octanol–water partition coefficient (Wildman–Crippen LogP) is -8.70. The molecule has 0 saturated carbocycles. The zero-order valence-corrected chi connectivity index (χ0v) is 48.2. The summed E-state index contributed by atoms with van der Waals surface area (Å²) in [5.74, 6) is -3.96. The van der Waals surface area contributed by atoms with Gasteiger partial charge in [0.25, 0.3) is 0 Å². The van der Waals surface area contributed by atoms with Gasteiger partial charge in [-0.15, -0.1) is 0 Å². The van der Waals surface area contributed by atoms with Gasteiger partial charge < -0.3 is 94.1 Å². The van der Waals surface area contributed by atoms with E-state index in [9.17, 15) is 33.9 Å². The maximum atomic E-state index is 11.5. The summed E-state index contributed by atoms with van der Waals surface area (Å²) in [5, 5.41) is 78.6. The van der Waals surface area contributed by atoms with Crippen LogP contribution in [0.5, 0.6) is 0 Å². The fourth-order valence-corrected chi connectivity index (χ4v) is 4.32. The van der Waals surface area contributed by atoms with E-state index in [1.54, 1.807) is 6.92 Å². The summed E-state index contributed by atoms with van der Waals surface area (Å²) in [7, 11) is 0. The summed E-state index contributed by atoms with van der Waals surface area (Å²) in [6.45, 7) is 6.48. The van der Waals surface area contributed by atoms with Gasteiger partial charge >= 0.3 is 139 Å². The number of aliphatic hydroxyl groups excluding tert-OH is 9. The van der Waals surface area contributed by atoms with Crippen LogP contribution in [0.25, 0.3) is 0 Å². The first kappa shape index (κ1) is 80.9. The van der Waals surface area contributed by atoms with Gasteiger partial charge in [0.15, 0.2) is 0 Å². The van der Waals surface area contributed by atoms with E-state index in [0.717, 1.165) is 13.2 Å². The average Bonchev–Trinajstić information content (AvgIpc) is 4.25. The molecule has 404 valence electrons. The maximum absolute atomic E-state index is 11.5. The van der Waals surface area contributed by atoms with E-state index < -0.39 is 36.0 Å². The van der Waals surface area contributed by atoms with Crippen LogP contribution in [0, 0.1) is 17.8 Å². The molecule has 2 fully saturated rings. The Morgan fingerprint density at radius 1 is 0.471 bits per heavy atom. The van der Waals surface area contributed by atoms with Crippen molar-refractivity contribution in [3.63, 3.8) is 0 Å². The van der Waals surface area contributed by atoms with E-state index in [0.29, 0.717) is 44.5 Å². The van der Waals surface area contributed by atoms with Crippen molar-refractivity contribution in [3.8, 4) is 0 Å². The van der Waals surface area contributed by atoms with Gasteiger partial charge in [-0.3, -0.25) is 28.8 Å². The van der Waals surface area contributed by atoms with Gasteiger partial charge in [-0.05, 0) is 64.2 Å². The van der Waals surface area contributed by atoms with Gasteiger partial charge in [0.2, 0.25) is 0 Å². The van der Waals surface area contributed by atoms with Gasteiger partial charge in [0.05, 0.1) is 123 Å². The monoisotopic (exact) mass is 1080 g/mol. The molecule has 0 aromatic carbocycles. The van der Waals surface area contributed by atoms with Crippen molar-refractivity contribution in [1.29, 1.82) is 0 Å². The third-order valence-electron chi connectivity index (χ3n) is 8.23. The number of hydrogen-bond donors (Lipinski definition) is 9. The molecule has 0 aromatic rings. The minimum Gasteiger partial charge on any atom is -0.466 e. The van der Waals surface area contributed by atoms with Crippen LogP contribution in [-0.4, -0.2) is 224 Å². The van der Waals surface area contributed by atoms with Crippen molar-refractivity contribution in [1.82, 2.24) is 0 Å². The molecule has 6 unspecified atom stereocenters. The zero-order valence-electron chi connectivity index (χ0n) is 41.9. The molecule has 0 aliphatic carbocycles. The van der Waals surface area contributed by atoms with Crippen LogP contribution in [-0.2, 0) is 71.4 Å². The number of hydrogen-bond acceptors (Lipinski definition) is 24. The molecule has 0 spiro atoms. The summed E-state index contributed by atoms with van der Waals surface area (Å²) >= 11 is 0. The quantitative estimate of drug-likeness (QED) is 0.00950. The second-order valence-corrected chi connectivity index (χ2v) is 14.9. The van der Waals surface area contributed by atoms with E-state index in [4.69, 9.17) is 74.0 Å². The van der Waals surface area contributed by atoms with Crippen molar-refractivity contribution >= 4 is 35.8 Å². The second kappa shape index (κ2) is 59.4. The van der Waals surface area contributed by atoms with Gasteiger partial charge in [-0.1, -0.05) is 0 Å². The molecule has 70 heavy (non-hydrogen) atoms. The zero-order chi connectivity index (χ0) is 51.1. The third-order valence-corrected chi connectivity index (χ3v) is 8.23. The molecule has 2 aliphatic heterocycles. The molecular formula is C43H82K2O25+2. The molecule has 11 N–H and O–H groups in total. The van der Waals surface area contributed by atoms with Crippen LogP contribution >= 0.6 is 0 Å². The van der Waals surface area contributed by atoms with E-state index in [2.05, 4.69) is 23.3 Å². The Labute approximate surface area is 496 Å². The molecule has 2 rings (SSSR count). The summed E-state index contributed by atoms with van der Waals surface area (Å²) in [6, 6.07) is 0. The first-order valence-corrected chi connectivity index (χ1v) is 22.3. The van der Waals surface area contributed by atoms with Crippen molar-refractivity contribution in [2.24, 2.45) is 17.8 Å². The summed E-state index contributed by atoms with van der Waals surface area (Å²) in [6.07, 6.45) is 2.28. The Morgan fingerprint density at radius 2 is 0.743 bits per heavy atom. The average molecular weight is 1080 g/mol. The molecule has 2 heterocycles. The maximum Gasteiger partial charge on any atom is 1.00 e. The third kappa shape index (κ3) is 65.6. The molecule has 6 atom stereocenters. The van der Waals surface area contributed by atoms with Crippen LogP contribution in [0.1, 0.15) is 85.0 Å². The normalized spacial score (nSPS) is 15.1. The van der Waals surface area contributed by atoms with Gasteiger partial charge in [0, 0.05) is 32.8 Å². The summed E-state index contributed by atoms with van der Waals surface area (Å²) in [5.41, 5.74) is 0. The fraction of sp³-hybridized carbons (Fsp3) is 0.860. The largest absolute Gasteiger partial charge is 1.00 e. The van der Waals surface area contributed by atoms with E-state index in [-0.39, 0.29) is 270 Å². The Morgan fingerprint density at radius 3 is 0.971 bits per heavy atom. The number of esters is 6. The Kier molecular flexibility index (Phi) is 68.7. The summed E-state index contributed by atoms with van der Waals surface area (Å²) < 4.78 is 43.1. The minimum atomic E-state index is -0.526.